The molecule has 0 saturated heterocycles. The van der Waals surface area contributed by atoms with Gasteiger partial charge in [-0.1, -0.05) is 48.6 Å². The van der Waals surface area contributed by atoms with Crippen molar-refractivity contribution in [1.82, 2.24) is 9.97 Å². The molecule has 0 aliphatic heterocycles. The molecular formula is C20H16N2. The van der Waals surface area contributed by atoms with Crippen LogP contribution in [0.5, 0.6) is 0 Å². The summed E-state index contributed by atoms with van der Waals surface area (Å²) in [6.45, 7) is 0. The average molecular weight is 284 g/mol. The fourth-order valence-electron chi connectivity index (χ4n) is 2.14. The van der Waals surface area contributed by atoms with E-state index in [9.17, 15) is 0 Å². The Morgan fingerprint density at radius 1 is 0.500 bits per heavy atom. The Morgan fingerprint density at radius 2 is 0.909 bits per heavy atom. The minimum atomic E-state index is 1.14. The molecule has 22 heavy (non-hydrogen) atoms. The molecule has 2 heteroatoms. The Bertz CT molecular complexity index is 707. The van der Waals surface area contributed by atoms with Gasteiger partial charge in [0.25, 0.3) is 0 Å². The van der Waals surface area contributed by atoms with Crippen LogP contribution in [0, 0.1) is 0 Å². The molecule has 0 spiro atoms. The third-order valence-corrected chi connectivity index (χ3v) is 3.32. The first kappa shape index (κ1) is 14.0. The average Bonchev–Trinajstić information content (AvgIpc) is 2.61. The molecule has 2 heterocycles. The zero-order chi connectivity index (χ0) is 15.0. The van der Waals surface area contributed by atoms with Gasteiger partial charge in [0, 0.05) is 24.8 Å². The van der Waals surface area contributed by atoms with E-state index in [1.807, 2.05) is 24.3 Å². The first-order valence-corrected chi connectivity index (χ1v) is 7.17. The molecule has 0 bridgehead atoms. The molecule has 3 aromatic rings. The van der Waals surface area contributed by atoms with Gasteiger partial charge in [-0.25, -0.2) is 0 Å². The predicted octanol–water partition coefficient (Wildman–Crippen LogP) is 4.82. The summed E-state index contributed by atoms with van der Waals surface area (Å²) < 4.78 is 0. The van der Waals surface area contributed by atoms with Gasteiger partial charge in [0.15, 0.2) is 0 Å². The maximum absolute atomic E-state index is 4.03. The van der Waals surface area contributed by atoms with Crippen LogP contribution in [0.15, 0.2) is 73.3 Å². The van der Waals surface area contributed by atoms with Crippen LogP contribution in [-0.2, 0) is 0 Å². The largest absolute Gasteiger partial charge is 0.265 e. The van der Waals surface area contributed by atoms with Gasteiger partial charge in [-0.3, -0.25) is 9.97 Å². The summed E-state index contributed by atoms with van der Waals surface area (Å²) in [6, 6.07) is 16.3. The van der Waals surface area contributed by atoms with Crippen molar-refractivity contribution in [3.8, 4) is 0 Å². The summed E-state index contributed by atoms with van der Waals surface area (Å²) in [5.41, 5.74) is 4.65. The molecule has 2 aromatic heterocycles. The lowest BCUT2D eigenvalue weighted by molar-refractivity contribution is 1.32. The van der Waals surface area contributed by atoms with E-state index in [0.29, 0.717) is 0 Å². The second kappa shape index (κ2) is 7.14. The van der Waals surface area contributed by atoms with E-state index >= 15 is 0 Å². The number of hydrogen-bond acceptors (Lipinski definition) is 2. The third kappa shape index (κ3) is 3.76. The molecule has 2 nitrogen and oxygen atoms in total. The van der Waals surface area contributed by atoms with Crippen LogP contribution in [0.4, 0.5) is 0 Å². The van der Waals surface area contributed by atoms with Crippen LogP contribution < -0.4 is 0 Å². The van der Waals surface area contributed by atoms with E-state index < -0.39 is 0 Å². The van der Waals surface area contributed by atoms with Crippen molar-refractivity contribution in [1.29, 1.82) is 0 Å². The lowest BCUT2D eigenvalue weighted by Gasteiger charge is -2.01. The summed E-state index contributed by atoms with van der Waals surface area (Å²) in [6.07, 6.45) is 15.7. The van der Waals surface area contributed by atoms with Gasteiger partial charge in [0.2, 0.25) is 0 Å². The molecule has 0 atom stereocenters. The standard InChI is InChI=1S/C20H16N2/c1-2-4-20(8-6-18-11-15-22-16-12-18)19(3-1)7-5-17-9-13-21-14-10-17/h1-16H. The first-order chi connectivity index (χ1) is 10.9. The van der Waals surface area contributed by atoms with Crippen molar-refractivity contribution in [2.75, 3.05) is 0 Å². The van der Waals surface area contributed by atoms with Crippen LogP contribution in [0.3, 0.4) is 0 Å². The molecule has 0 N–H and O–H groups in total. The molecular weight excluding hydrogens is 268 g/mol. The Hall–Kier alpha value is -3.00. The van der Waals surface area contributed by atoms with E-state index in [1.165, 1.54) is 11.1 Å². The molecule has 0 unspecified atom stereocenters. The van der Waals surface area contributed by atoms with Crippen LogP contribution in [0.25, 0.3) is 24.3 Å². The third-order valence-electron chi connectivity index (χ3n) is 3.32. The summed E-state index contributed by atoms with van der Waals surface area (Å²) in [4.78, 5) is 8.06. The number of benzene rings is 1. The summed E-state index contributed by atoms with van der Waals surface area (Å²) >= 11 is 0. The molecule has 1 aromatic carbocycles. The van der Waals surface area contributed by atoms with E-state index in [0.717, 1.165) is 11.1 Å². The number of aromatic nitrogens is 2. The minimum absolute atomic E-state index is 1.14. The van der Waals surface area contributed by atoms with Crippen molar-refractivity contribution in [3.05, 3.63) is 95.6 Å². The molecule has 0 aliphatic carbocycles. The Balaban J connectivity index is 1.84. The highest BCUT2D eigenvalue weighted by Gasteiger charge is 1.95. The van der Waals surface area contributed by atoms with Gasteiger partial charge in [-0.15, -0.1) is 0 Å². The second-order valence-corrected chi connectivity index (χ2v) is 4.86. The molecule has 0 fully saturated rings. The van der Waals surface area contributed by atoms with Crippen molar-refractivity contribution < 1.29 is 0 Å². The quantitative estimate of drug-likeness (QED) is 0.686. The predicted molar refractivity (Wildman–Crippen MR) is 92.8 cm³/mol. The van der Waals surface area contributed by atoms with Gasteiger partial charge in [0.05, 0.1) is 0 Å². The van der Waals surface area contributed by atoms with E-state index in [4.69, 9.17) is 0 Å². The zero-order valence-corrected chi connectivity index (χ0v) is 12.1. The van der Waals surface area contributed by atoms with Crippen LogP contribution in [0.1, 0.15) is 22.3 Å². The smallest absolute Gasteiger partial charge is 0.0273 e. The van der Waals surface area contributed by atoms with E-state index in [2.05, 4.69) is 58.5 Å². The molecule has 0 radical (unpaired) electrons. The summed E-state index contributed by atoms with van der Waals surface area (Å²) in [5, 5.41) is 0. The number of rotatable bonds is 4. The van der Waals surface area contributed by atoms with Gasteiger partial charge in [-0.05, 0) is 46.5 Å². The number of hydrogen-bond donors (Lipinski definition) is 0. The van der Waals surface area contributed by atoms with E-state index in [-0.39, 0.29) is 0 Å². The zero-order valence-electron chi connectivity index (χ0n) is 12.1. The van der Waals surface area contributed by atoms with Crippen molar-refractivity contribution in [2.24, 2.45) is 0 Å². The van der Waals surface area contributed by atoms with Crippen LogP contribution >= 0.6 is 0 Å². The number of nitrogens with zero attached hydrogens (tertiary/aromatic N) is 2. The van der Waals surface area contributed by atoms with Crippen LogP contribution in [-0.4, -0.2) is 9.97 Å². The highest BCUT2D eigenvalue weighted by molar-refractivity contribution is 5.79. The lowest BCUT2D eigenvalue weighted by Crippen LogP contribution is -1.80. The molecule has 106 valence electrons. The Morgan fingerprint density at radius 3 is 1.32 bits per heavy atom. The van der Waals surface area contributed by atoms with Crippen LogP contribution in [0.2, 0.25) is 0 Å². The number of pyridine rings is 2. The Kier molecular flexibility index (Phi) is 4.53. The maximum atomic E-state index is 4.03. The Labute approximate surface area is 130 Å². The lowest BCUT2D eigenvalue weighted by atomic mass is 10.0. The van der Waals surface area contributed by atoms with Crippen molar-refractivity contribution in [2.45, 2.75) is 0 Å². The molecule has 0 amide bonds. The normalized spacial score (nSPS) is 11.3. The minimum Gasteiger partial charge on any atom is -0.265 e. The SMILES string of the molecule is C(=Cc1ccccc1C=Cc1ccncc1)c1ccncc1. The maximum Gasteiger partial charge on any atom is 0.0273 e. The fourth-order valence-corrected chi connectivity index (χ4v) is 2.14. The van der Waals surface area contributed by atoms with Crippen molar-refractivity contribution >= 4 is 24.3 Å². The molecule has 3 rings (SSSR count). The molecule has 0 saturated carbocycles. The van der Waals surface area contributed by atoms with Gasteiger partial charge in [0.1, 0.15) is 0 Å². The van der Waals surface area contributed by atoms with Crippen molar-refractivity contribution in [3.63, 3.8) is 0 Å². The van der Waals surface area contributed by atoms with Gasteiger partial charge in [-0.2, -0.15) is 0 Å². The summed E-state index contributed by atoms with van der Waals surface area (Å²) in [7, 11) is 0. The topological polar surface area (TPSA) is 25.8 Å². The monoisotopic (exact) mass is 284 g/mol. The highest BCUT2D eigenvalue weighted by atomic mass is 14.6. The van der Waals surface area contributed by atoms with Gasteiger partial charge < -0.3 is 0 Å². The van der Waals surface area contributed by atoms with E-state index in [1.54, 1.807) is 24.8 Å². The summed E-state index contributed by atoms with van der Waals surface area (Å²) in [5.74, 6) is 0. The second-order valence-electron chi connectivity index (χ2n) is 4.86. The molecule has 0 aliphatic rings. The highest BCUT2D eigenvalue weighted by Crippen LogP contribution is 2.16. The fraction of sp³-hybridized carbons (Fsp3) is 0. The van der Waals surface area contributed by atoms with Gasteiger partial charge >= 0.3 is 0 Å². The first-order valence-electron chi connectivity index (χ1n) is 7.17.